The summed E-state index contributed by atoms with van der Waals surface area (Å²) in [5.74, 6) is 0.340. The first kappa shape index (κ1) is 24.0. The van der Waals surface area contributed by atoms with Gasteiger partial charge in [0.1, 0.15) is 5.82 Å². The predicted octanol–water partition coefficient (Wildman–Crippen LogP) is 5.69. The van der Waals surface area contributed by atoms with Gasteiger partial charge in [0.05, 0.1) is 10.7 Å². The number of imidazole rings is 1. The lowest BCUT2D eigenvalue weighted by molar-refractivity contribution is 0.0743. The number of benzene rings is 2. The molecule has 1 amide bonds. The van der Waals surface area contributed by atoms with E-state index in [4.69, 9.17) is 39.8 Å². The third-order valence-electron chi connectivity index (χ3n) is 5.53. The number of nitrogens with zero attached hydrogens (tertiary/aromatic N) is 4. The van der Waals surface area contributed by atoms with Gasteiger partial charge in [0, 0.05) is 40.9 Å². The number of carbonyl (C=O) groups excluding carboxylic acids is 1. The minimum absolute atomic E-state index is 0.229. The molecule has 174 valence electrons. The molecule has 0 bridgehead atoms. The van der Waals surface area contributed by atoms with Crippen molar-refractivity contribution in [1.82, 2.24) is 24.9 Å². The molecule has 1 aromatic heterocycles. The molecular weight excluding hydrogens is 481 g/mol. The molecule has 9 heteroatoms. The molecule has 3 aromatic rings. The van der Waals surface area contributed by atoms with Gasteiger partial charge in [-0.05, 0) is 69.4 Å². The molecule has 4 rings (SSSR count). The molecule has 0 radical (unpaired) electrons. The summed E-state index contributed by atoms with van der Waals surface area (Å²) in [5, 5.41) is 3.59. The summed E-state index contributed by atoms with van der Waals surface area (Å²) >= 11 is 18.9. The van der Waals surface area contributed by atoms with E-state index < -0.39 is 0 Å². The van der Waals surface area contributed by atoms with Gasteiger partial charge < -0.3 is 4.90 Å². The van der Waals surface area contributed by atoms with E-state index in [-0.39, 0.29) is 5.91 Å². The van der Waals surface area contributed by atoms with Gasteiger partial charge in [0.2, 0.25) is 0 Å². The summed E-state index contributed by atoms with van der Waals surface area (Å²) in [5.41, 5.74) is 5.70. The zero-order valence-corrected chi connectivity index (χ0v) is 20.9. The molecule has 6 nitrogen and oxygen atoms in total. The summed E-state index contributed by atoms with van der Waals surface area (Å²) in [6, 6.07) is 12.7. The molecule has 0 saturated carbocycles. The van der Waals surface area contributed by atoms with Crippen molar-refractivity contribution in [3.63, 3.8) is 0 Å². The van der Waals surface area contributed by atoms with Crippen molar-refractivity contribution in [2.75, 3.05) is 27.2 Å². The van der Waals surface area contributed by atoms with Crippen molar-refractivity contribution in [3.8, 4) is 17.1 Å². The zero-order valence-electron chi connectivity index (χ0n) is 18.6. The first-order chi connectivity index (χ1) is 15.8. The van der Waals surface area contributed by atoms with Gasteiger partial charge in [0.25, 0.3) is 5.91 Å². The van der Waals surface area contributed by atoms with Crippen LogP contribution in [0.5, 0.6) is 0 Å². The van der Waals surface area contributed by atoms with Crippen LogP contribution < -0.4 is 5.43 Å². The predicted molar refractivity (Wildman–Crippen MR) is 134 cm³/mol. The van der Waals surface area contributed by atoms with Crippen LogP contribution in [0.2, 0.25) is 15.1 Å². The Morgan fingerprint density at radius 3 is 2.30 bits per heavy atom. The van der Waals surface area contributed by atoms with Crippen LogP contribution >= 0.6 is 34.8 Å². The van der Waals surface area contributed by atoms with Crippen molar-refractivity contribution < 1.29 is 4.79 Å². The minimum atomic E-state index is -0.229. The van der Waals surface area contributed by atoms with Crippen LogP contribution in [0.25, 0.3) is 17.1 Å². The third-order valence-corrected chi connectivity index (χ3v) is 6.33. The van der Waals surface area contributed by atoms with Crippen LogP contribution in [0.3, 0.4) is 0 Å². The fourth-order valence-electron chi connectivity index (χ4n) is 4.00. The maximum Gasteiger partial charge on any atom is 0.286 e. The van der Waals surface area contributed by atoms with Crippen molar-refractivity contribution in [2.45, 2.75) is 25.8 Å². The fraction of sp³-hybridized carbons (Fsp3) is 0.333. The molecule has 1 saturated heterocycles. The average Bonchev–Trinajstić information content (AvgIpc) is 3.13. The number of aromatic nitrogens is 2. The number of carbonyl (C=O) groups is 1. The largest absolute Gasteiger partial charge is 0.304 e. The number of halogens is 3. The number of amides is 1. The highest BCUT2D eigenvalue weighted by Crippen LogP contribution is 2.34. The van der Waals surface area contributed by atoms with E-state index in [1.165, 1.54) is 6.42 Å². The monoisotopic (exact) mass is 505 g/mol. The average molecular weight is 507 g/mol. The number of hydrogen-bond acceptors (Lipinski definition) is 4. The van der Waals surface area contributed by atoms with Gasteiger partial charge in [-0.1, -0.05) is 41.2 Å². The summed E-state index contributed by atoms with van der Waals surface area (Å²) in [6.45, 7) is 2.18. The molecule has 0 unspecified atom stereocenters. The second-order valence-corrected chi connectivity index (χ2v) is 9.67. The van der Waals surface area contributed by atoms with Crippen LogP contribution in [0.1, 0.15) is 35.4 Å². The van der Waals surface area contributed by atoms with E-state index >= 15 is 0 Å². The highest BCUT2D eigenvalue weighted by Gasteiger charge is 2.27. The Labute approximate surface area is 209 Å². The Balaban J connectivity index is 1.88. The molecule has 1 N–H and O–H groups in total. The Morgan fingerprint density at radius 2 is 1.67 bits per heavy atom. The normalized spacial score (nSPS) is 14.6. The molecule has 33 heavy (non-hydrogen) atoms. The zero-order chi connectivity index (χ0) is 23.5. The topological polar surface area (TPSA) is 53.4 Å². The first-order valence-corrected chi connectivity index (χ1v) is 12.0. The number of hydrogen-bond donors (Lipinski definition) is 1. The Kier molecular flexibility index (Phi) is 7.62. The summed E-state index contributed by atoms with van der Waals surface area (Å²) in [6.07, 6.45) is 3.31. The highest BCUT2D eigenvalue weighted by atomic mass is 35.5. The van der Waals surface area contributed by atoms with Crippen LogP contribution in [-0.2, 0) is 6.54 Å². The number of piperidine rings is 1. The molecule has 0 atom stereocenters. The van der Waals surface area contributed by atoms with E-state index in [1.54, 1.807) is 12.1 Å². The van der Waals surface area contributed by atoms with Gasteiger partial charge in [-0.2, -0.15) is 0 Å². The van der Waals surface area contributed by atoms with E-state index in [0.717, 1.165) is 37.3 Å². The molecule has 2 heterocycles. The van der Waals surface area contributed by atoms with Gasteiger partial charge in [-0.3, -0.25) is 14.8 Å². The van der Waals surface area contributed by atoms with Crippen LogP contribution in [0, 0.1) is 0 Å². The van der Waals surface area contributed by atoms with Gasteiger partial charge in [-0.25, -0.2) is 9.99 Å². The van der Waals surface area contributed by atoms with Crippen LogP contribution in [0.4, 0.5) is 0 Å². The quantitative estimate of drug-likeness (QED) is 0.466. The highest BCUT2D eigenvalue weighted by molar-refractivity contribution is 6.36. The van der Waals surface area contributed by atoms with E-state index in [9.17, 15) is 4.79 Å². The molecule has 1 aliphatic heterocycles. The number of rotatable bonds is 6. The van der Waals surface area contributed by atoms with Crippen molar-refractivity contribution >= 4 is 40.7 Å². The second kappa shape index (κ2) is 10.5. The van der Waals surface area contributed by atoms with Crippen molar-refractivity contribution in [1.29, 1.82) is 0 Å². The third kappa shape index (κ3) is 5.53. The smallest absolute Gasteiger partial charge is 0.286 e. The molecule has 1 aliphatic rings. The van der Waals surface area contributed by atoms with Gasteiger partial charge >= 0.3 is 0 Å². The van der Waals surface area contributed by atoms with E-state index in [2.05, 4.69) is 5.43 Å². The Hall–Kier alpha value is -2.09. The minimum Gasteiger partial charge on any atom is -0.304 e. The molecule has 0 aliphatic carbocycles. The molecule has 1 fully saturated rings. The van der Waals surface area contributed by atoms with Crippen molar-refractivity contribution in [2.24, 2.45) is 0 Å². The lowest BCUT2D eigenvalue weighted by atomic mass is 10.2. The molecule has 2 aromatic carbocycles. The van der Waals surface area contributed by atoms with E-state index in [0.29, 0.717) is 38.7 Å². The first-order valence-electron chi connectivity index (χ1n) is 10.9. The fourth-order valence-corrected chi connectivity index (χ4v) is 4.62. The van der Waals surface area contributed by atoms with Crippen LogP contribution in [0.15, 0.2) is 42.5 Å². The Morgan fingerprint density at radius 1 is 1.00 bits per heavy atom. The maximum atomic E-state index is 13.4. The van der Waals surface area contributed by atoms with Gasteiger partial charge in [-0.15, -0.1) is 0 Å². The number of nitrogens with one attached hydrogen (secondary N) is 1. The lowest BCUT2D eigenvalue weighted by Crippen LogP contribution is -2.45. The van der Waals surface area contributed by atoms with Crippen LogP contribution in [-0.4, -0.2) is 52.6 Å². The summed E-state index contributed by atoms with van der Waals surface area (Å²) in [4.78, 5) is 20.2. The molecular formula is C24H26Cl3N5O. The maximum absolute atomic E-state index is 13.4. The summed E-state index contributed by atoms with van der Waals surface area (Å²) < 4.78 is 1.97. The van der Waals surface area contributed by atoms with Gasteiger partial charge in [0.15, 0.2) is 5.69 Å². The second-order valence-electron chi connectivity index (χ2n) is 8.39. The summed E-state index contributed by atoms with van der Waals surface area (Å²) in [7, 11) is 3.92. The van der Waals surface area contributed by atoms with Crippen molar-refractivity contribution in [3.05, 3.63) is 68.9 Å². The number of hydrazine groups is 1. The standard InChI is InChI=1S/C24H26Cl3N5O/c1-30(2)15-21-22(24(33)29-31-12-4-3-5-13-31)28-23(19-11-8-17(26)14-20(19)27)32(21)18-9-6-16(25)7-10-18/h6-11,14H,3-5,12-13,15H2,1-2H3,(H,29,33). The Bertz CT molecular complexity index is 1140. The van der Waals surface area contributed by atoms with E-state index in [1.807, 2.05) is 58.9 Å². The molecule has 0 spiro atoms. The lowest BCUT2D eigenvalue weighted by Gasteiger charge is -2.26. The SMILES string of the molecule is CN(C)Cc1c(C(=O)NN2CCCCC2)nc(-c2ccc(Cl)cc2Cl)n1-c1ccc(Cl)cc1.